The van der Waals surface area contributed by atoms with Gasteiger partial charge in [-0.1, -0.05) is 0 Å². The van der Waals surface area contributed by atoms with Crippen LogP contribution >= 0.6 is 0 Å². The maximum absolute atomic E-state index is 12.8. The summed E-state index contributed by atoms with van der Waals surface area (Å²) in [6, 6.07) is 1.46. The Balaban J connectivity index is 3.10. The van der Waals surface area contributed by atoms with Crippen molar-refractivity contribution >= 4 is 0 Å². The van der Waals surface area contributed by atoms with Crippen molar-refractivity contribution < 1.29 is 18.6 Å². The van der Waals surface area contributed by atoms with Gasteiger partial charge >= 0.3 is 0 Å². The summed E-state index contributed by atoms with van der Waals surface area (Å²) >= 11 is 0. The normalized spacial score (nSPS) is 9.92. The lowest BCUT2D eigenvalue weighted by Gasteiger charge is -2.05. The molecule has 0 saturated heterocycles. The minimum Gasteiger partial charge on any atom is -0.504 e. The zero-order valence-electron chi connectivity index (χ0n) is 6.47. The Labute approximate surface area is 68.4 Å². The van der Waals surface area contributed by atoms with E-state index in [0.717, 1.165) is 6.07 Å². The van der Waals surface area contributed by atoms with E-state index in [-0.39, 0.29) is 12.4 Å². The summed E-state index contributed by atoms with van der Waals surface area (Å²) in [5.41, 5.74) is 0. The van der Waals surface area contributed by atoms with Crippen LogP contribution in [0.5, 0.6) is 11.5 Å². The van der Waals surface area contributed by atoms with Crippen LogP contribution in [0.3, 0.4) is 0 Å². The fourth-order valence-corrected chi connectivity index (χ4v) is 0.834. The van der Waals surface area contributed by atoms with Crippen molar-refractivity contribution in [2.75, 3.05) is 6.61 Å². The molecule has 0 spiro atoms. The minimum absolute atomic E-state index is 0.218. The molecule has 66 valence electrons. The molecule has 1 rings (SSSR count). The van der Waals surface area contributed by atoms with Gasteiger partial charge in [-0.15, -0.1) is 0 Å². The first-order valence-corrected chi connectivity index (χ1v) is 3.46. The molecule has 0 atom stereocenters. The van der Waals surface area contributed by atoms with Crippen molar-refractivity contribution in [3.05, 3.63) is 23.8 Å². The molecule has 0 aromatic heterocycles. The largest absolute Gasteiger partial charge is 0.504 e. The van der Waals surface area contributed by atoms with Crippen LogP contribution in [0.4, 0.5) is 8.78 Å². The van der Waals surface area contributed by atoms with E-state index in [9.17, 15) is 8.78 Å². The molecule has 0 bridgehead atoms. The Bertz CT molecular complexity index is 263. The number of hydrogen-bond donors (Lipinski definition) is 1. The van der Waals surface area contributed by atoms with E-state index >= 15 is 0 Å². The predicted octanol–water partition coefficient (Wildman–Crippen LogP) is 2.07. The SMILES string of the molecule is CCOc1c(O)cc(F)cc1F. The molecule has 0 unspecified atom stereocenters. The number of aromatic hydroxyl groups is 1. The number of hydrogen-bond acceptors (Lipinski definition) is 2. The molecule has 0 radical (unpaired) electrons. The van der Waals surface area contributed by atoms with Crippen LogP contribution in [0, 0.1) is 11.6 Å². The number of halogens is 2. The van der Waals surface area contributed by atoms with Gasteiger partial charge in [0.2, 0.25) is 0 Å². The van der Waals surface area contributed by atoms with Gasteiger partial charge in [-0.05, 0) is 6.92 Å². The zero-order valence-corrected chi connectivity index (χ0v) is 6.47. The standard InChI is InChI=1S/C8H8F2O2/c1-2-12-8-6(10)3-5(9)4-7(8)11/h3-4,11H,2H2,1H3. The van der Waals surface area contributed by atoms with Crippen molar-refractivity contribution in [3.8, 4) is 11.5 Å². The highest BCUT2D eigenvalue weighted by Crippen LogP contribution is 2.29. The molecule has 0 fully saturated rings. The number of phenols is 1. The highest BCUT2D eigenvalue weighted by atomic mass is 19.1. The van der Waals surface area contributed by atoms with Gasteiger partial charge in [0.1, 0.15) is 5.82 Å². The predicted molar refractivity (Wildman–Crippen MR) is 39.2 cm³/mol. The summed E-state index contributed by atoms with van der Waals surface area (Å²) in [6.07, 6.45) is 0. The van der Waals surface area contributed by atoms with E-state index < -0.39 is 17.4 Å². The highest BCUT2D eigenvalue weighted by molar-refractivity contribution is 5.40. The topological polar surface area (TPSA) is 29.5 Å². The van der Waals surface area contributed by atoms with Crippen molar-refractivity contribution in [1.82, 2.24) is 0 Å². The molecule has 4 heteroatoms. The van der Waals surface area contributed by atoms with Gasteiger partial charge in [-0.3, -0.25) is 0 Å². The van der Waals surface area contributed by atoms with Gasteiger partial charge in [-0.2, -0.15) is 0 Å². The molecular formula is C8H8F2O2. The van der Waals surface area contributed by atoms with Crippen LogP contribution < -0.4 is 4.74 Å². The zero-order chi connectivity index (χ0) is 9.14. The minimum atomic E-state index is -0.894. The Hall–Kier alpha value is -1.32. The summed E-state index contributed by atoms with van der Waals surface area (Å²) < 4.78 is 29.9. The maximum atomic E-state index is 12.8. The van der Waals surface area contributed by atoms with Gasteiger partial charge in [0, 0.05) is 12.1 Å². The lowest BCUT2D eigenvalue weighted by Crippen LogP contribution is -1.95. The summed E-state index contributed by atoms with van der Waals surface area (Å²) in [5.74, 6) is -2.55. The third-order valence-corrected chi connectivity index (χ3v) is 1.28. The smallest absolute Gasteiger partial charge is 0.197 e. The van der Waals surface area contributed by atoms with Crippen LogP contribution in [0.2, 0.25) is 0 Å². The fraction of sp³-hybridized carbons (Fsp3) is 0.250. The van der Waals surface area contributed by atoms with Crippen LogP contribution in [0.1, 0.15) is 6.92 Å². The van der Waals surface area contributed by atoms with Gasteiger partial charge in [-0.25, -0.2) is 8.78 Å². The van der Waals surface area contributed by atoms with Gasteiger partial charge in [0.25, 0.3) is 0 Å². The third-order valence-electron chi connectivity index (χ3n) is 1.28. The molecule has 0 aliphatic carbocycles. The first kappa shape index (κ1) is 8.77. The van der Waals surface area contributed by atoms with Crippen molar-refractivity contribution in [1.29, 1.82) is 0 Å². The molecule has 0 aliphatic heterocycles. The molecule has 1 aromatic rings. The lowest BCUT2D eigenvalue weighted by atomic mass is 10.3. The summed E-state index contributed by atoms with van der Waals surface area (Å²) in [5, 5.41) is 9.00. The van der Waals surface area contributed by atoms with Gasteiger partial charge < -0.3 is 9.84 Å². The molecule has 0 aliphatic rings. The monoisotopic (exact) mass is 174 g/mol. The molecule has 12 heavy (non-hydrogen) atoms. The molecule has 0 heterocycles. The number of benzene rings is 1. The van der Waals surface area contributed by atoms with E-state index in [1.165, 1.54) is 0 Å². The second-order valence-electron chi connectivity index (χ2n) is 2.17. The number of rotatable bonds is 2. The van der Waals surface area contributed by atoms with E-state index in [1.54, 1.807) is 6.92 Å². The van der Waals surface area contributed by atoms with Gasteiger partial charge in [0.15, 0.2) is 17.3 Å². The van der Waals surface area contributed by atoms with Crippen molar-refractivity contribution in [3.63, 3.8) is 0 Å². The molecule has 1 aromatic carbocycles. The quantitative estimate of drug-likeness (QED) is 0.743. The Kier molecular flexibility index (Phi) is 2.47. The second-order valence-corrected chi connectivity index (χ2v) is 2.17. The lowest BCUT2D eigenvalue weighted by molar-refractivity contribution is 0.298. The Morgan fingerprint density at radius 1 is 1.42 bits per heavy atom. The summed E-state index contributed by atoms with van der Waals surface area (Å²) in [4.78, 5) is 0. The Morgan fingerprint density at radius 2 is 2.08 bits per heavy atom. The van der Waals surface area contributed by atoms with Crippen LogP contribution in [-0.2, 0) is 0 Å². The summed E-state index contributed by atoms with van der Waals surface area (Å²) in [6.45, 7) is 1.86. The van der Waals surface area contributed by atoms with E-state index in [1.807, 2.05) is 0 Å². The van der Waals surface area contributed by atoms with Crippen molar-refractivity contribution in [2.45, 2.75) is 6.92 Å². The fourth-order valence-electron chi connectivity index (χ4n) is 0.834. The molecule has 0 saturated carbocycles. The average molecular weight is 174 g/mol. The second kappa shape index (κ2) is 3.38. The summed E-state index contributed by atoms with van der Waals surface area (Å²) in [7, 11) is 0. The molecule has 0 amide bonds. The van der Waals surface area contributed by atoms with E-state index in [0.29, 0.717) is 6.07 Å². The molecule has 2 nitrogen and oxygen atoms in total. The first-order chi connectivity index (χ1) is 5.65. The van der Waals surface area contributed by atoms with Crippen LogP contribution in [-0.4, -0.2) is 11.7 Å². The average Bonchev–Trinajstić information content (AvgIpc) is 1.96. The Morgan fingerprint density at radius 3 is 2.58 bits per heavy atom. The maximum Gasteiger partial charge on any atom is 0.197 e. The van der Waals surface area contributed by atoms with E-state index in [2.05, 4.69) is 0 Å². The van der Waals surface area contributed by atoms with Crippen LogP contribution in [0.15, 0.2) is 12.1 Å². The van der Waals surface area contributed by atoms with Crippen LogP contribution in [0.25, 0.3) is 0 Å². The third kappa shape index (κ3) is 1.64. The van der Waals surface area contributed by atoms with Crippen molar-refractivity contribution in [2.24, 2.45) is 0 Å². The van der Waals surface area contributed by atoms with Gasteiger partial charge in [0.05, 0.1) is 6.61 Å². The van der Waals surface area contributed by atoms with E-state index in [4.69, 9.17) is 9.84 Å². The number of phenolic OH excluding ortho intramolecular Hbond substituents is 1. The molecule has 1 N–H and O–H groups in total. The highest BCUT2D eigenvalue weighted by Gasteiger charge is 2.10. The molecular weight excluding hydrogens is 166 g/mol. The number of ether oxygens (including phenoxy) is 1. The first-order valence-electron chi connectivity index (χ1n) is 3.46.